The molecule has 0 aromatic heterocycles. The van der Waals surface area contributed by atoms with Crippen molar-refractivity contribution in [2.24, 2.45) is 10.2 Å². The lowest BCUT2D eigenvalue weighted by Crippen LogP contribution is -2.29. The molecular formula is C11H18N4S. The van der Waals surface area contributed by atoms with Crippen LogP contribution in [0.1, 0.15) is 51.4 Å². The average Bonchev–Trinajstić information content (AvgIpc) is 2.96. The highest BCUT2D eigenvalue weighted by atomic mass is 32.1. The Balaban J connectivity index is 1.71. The number of hydrogen-bond acceptors (Lipinski definition) is 3. The van der Waals surface area contributed by atoms with Crippen molar-refractivity contribution in [2.45, 2.75) is 51.4 Å². The van der Waals surface area contributed by atoms with Gasteiger partial charge >= 0.3 is 0 Å². The third-order valence-electron chi connectivity index (χ3n) is 2.99. The van der Waals surface area contributed by atoms with Crippen molar-refractivity contribution in [2.75, 3.05) is 0 Å². The van der Waals surface area contributed by atoms with Gasteiger partial charge in [0.2, 0.25) is 5.11 Å². The van der Waals surface area contributed by atoms with Crippen LogP contribution in [0.3, 0.4) is 0 Å². The SMILES string of the molecule is S=C(NN=C1CCCC1)NN=C1CCCC1. The highest BCUT2D eigenvalue weighted by Crippen LogP contribution is 2.14. The van der Waals surface area contributed by atoms with Crippen molar-refractivity contribution in [3.05, 3.63) is 0 Å². The van der Waals surface area contributed by atoms with Gasteiger partial charge < -0.3 is 0 Å². The molecule has 0 atom stereocenters. The van der Waals surface area contributed by atoms with E-state index in [4.69, 9.17) is 12.2 Å². The molecule has 2 fully saturated rings. The predicted molar refractivity (Wildman–Crippen MR) is 70.7 cm³/mol. The van der Waals surface area contributed by atoms with Gasteiger partial charge in [-0.25, -0.2) is 0 Å². The normalized spacial score (nSPS) is 19.8. The Hall–Kier alpha value is -0.970. The van der Waals surface area contributed by atoms with Crippen molar-refractivity contribution in [1.29, 1.82) is 0 Å². The first kappa shape index (κ1) is 11.5. The molecule has 0 amide bonds. The summed E-state index contributed by atoms with van der Waals surface area (Å²) in [6, 6.07) is 0. The van der Waals surface area contributed by atoms with Crippen LogP contribution < -0.4 is 10.9 Å². The predicted octanol–water partition coefficient (Wildman–Crippen LogP) is 2.31. The summed E-state index contributed by atoms with van der Waals surface area (Å²) >= 11 is 5.09. The maximum Gasteiger partial charge on any atom is 0.207 e. The molecule has 0 radical (unpaired) electrons. The zero-order valence-electron chi connectivity index (χ0n) is 9.46. The molecule has 0 bridgehead atoms. The fourth-order valence-electron chi connectivity index (χ4n) is 2.07. The molecule has 0 unspecified atom stereocenters. The zero-order valence-corrected chi connectivity index (χ0v) is 10.3. The molecule has 0 saturated heterocycles. The van der Waals surface area contributed by atoms with Gasteiger partial charge in [-0.15, -0.1) is 0 Å². The molecule has 16 heavy (non-hydrogen) atoms. The van der Waals surface area contributed by atoms with Gasteiger partial charge in [0, 0.05) is 11.4 Å². The van der Waals surface area contributed by atoms with E-state index in [0.29, 0.717) is 5.11 Å². The van der Waals surface area contributed by atoms with Crippen LogP contribution in [0.2, 0.25) is 0 Å². The maximum absolute atomic E-state index is 5.09. The first-order valence-corrected chi connectivity index (χ1v) is 6.42. The second kappa shape index (κ2) is 5.94. The summed E-state index contributed by atoms with van der Waals surface area (Å²) in [7, 11) is 0. The van der Waals surface area contributed by atoms with E-state index in [0.717, 1.165) is 25.7 Å². The molecule has 0 aromatic carbocycles. The van der Waals surface area contributed by atoms with Crippen LogP contribution in [0.5, 0.6) is 0 Å². The van der Waals surface area contributed by atoms with Crippen LogP contribution in [0, 0.1) is 0 Å². The first-order chi connectivity index (χ1) is 7.84. The fraction of sp³-hybridized carbons (Fsp3) is 0.727. The van der Waals surface area contributed by atoms with E-state index in [-0.39, 0.29) is 0 Å². The highest BCUT2D eigenvalue weighted by molar-refractivity contribution is 7.80. The van der Waals surface area contributed by atoms with Gasteiger partial charge in [0.25, 0.3) is 0 Å². The molecule has 2 N–H and O–H groups in total. The Bertz CT molecular complexity index is 276. The van der Waals surface area contributed by atoms with Gasteiger partial charge in [0.05, 0.1) is 0 Å². The Labute approximate surface area is 102 Å². The quantitative estimate of drug-likeness (QED) is 0.573. The van der Waals surface area contributed by atoms with Gasteiger partial charge in [-0.1, -0.05) is 0 Å². The van der Waals surface area contributed by atoms with Gasteiger partial charge in [0.1, 0.15) is 0 Å². The second-order valence-electron chi connectivity index (χ2n) is 4.32. The van der Waals surface area contributed by atoms with Crippen LogP contribution in [-0.2, 0) is 0 Å². The van der Waals surface area contributed by atoms with Crippen LogP contribution in [0.4, 0.5) is 0 Å². The van der Waals surface area contributed by atoms with Gasteiger partial charge in [-0.05, 0) is 63.6 Å². The summed E-state index contributed by atoms with van der Waals surface area (Å²) in [5.74, 6) is 0. The van der Waals surface area contributed by atoms with Crippen molar-refractivity contribution < 1.29 is 0 Å². The lowest BCUT2D eigenvalue weighted by Gasteiger charge is -2.03. The lowest BCUT2D eigenvalue weighted by molar-refractivity contribution is 0.886. The summed E-state index contributed by atoms with van der Waals surface area (Å²) in [5, 5.41) is 9.02. The summed E-state index contributed by atoms with van der Waals surface area (Å²) < 4.78 is 0. The van der Waals surface area contributed by atoms with Crippen molar-refractivity contribution in [3.8, 4) is 0 Å². The van der Waals surface area contributed by atoms with Gasteiger partial charge in [0.15, 0.2) is 0 Å². The molecule has 0 heterocycles. The second-order valence-corrected chi connectivity index (χ2v) is 4.73. The number of nitrogens with one attached hydrogen (secondary N) is 2. The van der Waals surface area contributed by atoms with E-state index in [1.165, 1.54) is 37.1 Å². The minimum Gasteiger partial charge on any atom is -0.252 e. The lowest BCUT2D eigenvalue weighted by atomic mass is 10.3. The average molecular weight is 238 g/mol. The number of rotatable bonds is 2. The summed E-state index contributed by atoms with van der Waals surface area (Å²) in [6.07, 6.45) is 9.42. The molecular weight excluding hydrogens is 220 g/mol. The molecule has 5 heteroatoms. The fourth-order valence-corrected chi connectivity index (χ4v) is 2.17. The number of hydrazone groups is 2. The van der Waals surface area contributed by atoms with E-state index in [1.807, 2.05) is 0 Å². The monoisotopic (exact) mass is 238 g/mol. The Morgan fingerprint density at radius 3 is 1.56 bits per heavy atom. The smallest absolute Gasteiger partial charge is 0.207 e. The number of thiocarbonyl (C=S) groups is 1. The third-order valence-corrected chi connectivity index (χ3v) is 3.18. The standard InChI is InChI=1S/C11H18N4S/c16-11(14-12-9-5-1-2-6-9)15-13-10-7-3-4-8-10/h1-8H2,(H2,14,15,16). The van der Waals surface area contributed by atoms with Crippen LogP contribution in [0.15, 0.2) is 10.2 Å². The van der Waals surface area contributed by atoms with Crippen LogP contribution in [-0.4, -0.2) is 16.5 Å². The summed E-state index contributed by atoms with van der Waals surface area (Å²) in [4.78, 5) is 0. The minimum absolute atomic E-state index is 0.499. The van der Waals surface area contributed by atoms with Crippen molar-refractivity contribution in [3.63, 3.8) is 0 Å². The topological polar surface area (TPSA) is 48.8 Å². The molecule has 2 rings (SSSR count). The van der Waals surface area contributed by atoms with E-state index in [2.05, 4.69) is 21.1 Å². The van der Waals surface area contributed by atoms with E-state index >= 15 is 0 Å². The molecule has 88 valence electrons. The first-order valence-electron chi connectivity index (χ1n) is 6.01. The number of nitrogens with zero attached hydrogens (tertiary/aromatic N) is 2. The molecule has 0 aliphatic heterocycles. The van der Waals surface area contributed by atoms with Gasteiger partial charge in [-0.3, -0.25) is 10.9 Å². The highest BCUT2D eigenvalue weighted by Gasteiger charge is 2.09. The third kappa shape index (κ3) is 3.56. The van der Waals surface area contributed by atoms with E-state index < -0.39 is 0 Å². The van der Waals surface area contributed by atoms with Gasteiger partial charge in [-0.2, -0.15) is 10.2 Å². The van der Waals surface area contributed by atoms with Crippen LogP contribution >= 0.6 is 12.2 Å². The molecule has 2 aliphatic rings. The largest absolute Gasteiger partial charge is 0.252 e. The minimum atomic E-state index is 0.499. The summed E-state index contributed by atoms with van der Waals surface area (Å²) in [5.41, 5.74) is 8.14. The van der Waals surface area contributed by atoms with Crippen LogP contribution in [0.25, 0.3) is 0 Å². The Morgan fingerprint density at radius 2 is 1.19 bits per heavy atom. The molecule has 4 nitrogen and oxygen atoms in total. The van der Waals surface area contributed by atoms with E-state index in [9.17, 15) is 0 Å². The molecule has 2 saturated carbocycles. The molecule has 0 aromatic rings. The van der Waals surface area contributed by atoms with E-state index in [1.54, 1.807) is 0 Å². The molecule has 2 aliphatic carbocycles. The number of hydrogen-bond donors (Lipinski definition) is 2. The van der Waals surface area contributed by atoms with Crippen molar-refractivity contribution in [1.82, 2.24) is 10.9 Å². The Kier molecular flexibility index (Phi) is 4.27. The summed E-state index contributed by atoms with van der Waals surface area (Å²) in [6.45, 7) is 0. The Morgan fingerprint density at radius 1 is 0.812 bits per heavy atom. The maximum atomic E-state index is 5.09. The van der Waals surface area contributed by atoms with Crippen molar-refractivity contribution >= 4 is 28.8 Å². The zero-order chi connectivity index (χ0) is 11.2. The molecule has 0 spiro atoms.